The summed E-state index contributed by atoms with van der Waals surface area (Å²) in [6.07, 6.45) is 5.57. The molecule has 18 heavy (non-hydrogen) atoms. The molecule has 0 radical (unpaired) electrons. The van der Waals surface area contributed by atoms with E-state index >= 15 is 0 Å². The lowest BCUT2D eigenvalue weighted by molar-refractivity contribution is 0.102. The van der Waals surface area contributed by atoms with Gasteiger partial charge in [0.1, 0.15) is 0 Å². The van der Waals surface area contributed by atoms with Gasteiger partial charge in [-0.15, -0.1) is 0 Å². The minimum absolute atomic E-state index is 0.0219. The molecule has 1 aromatic rings. The van der Waals surface area contributed by atoms with Gasteiger partial charge in [0.05, 0.1) is 5.75 Å². The Morgan fingerprint density at radius 2 is 1.89 bits per heavy atom. The Labute approximate surface area is 119 Å². The number of carbonyl (C=O) groups excluding carboxylic acids is 1. The standard InChI is InChI=1S/C14H17BrO2S/c15-13-9-5-4-8-12(13)14(16)10-18(17)11-6-2-1-3-7-11/h4-5,8-9,11H,1-3,6-7,10H2. The Morgan fingerprint density at radius 1 is 1.22 bits per heavy atom. The number of halogens is 1. The van der Waals surface area contributed by atoms with E-state index in [9.17, 15) is 9.00 Å². The second-order valence-corrected chi connectivity index (χ2v) is 7.26. The lowest BCUT2D eigenvalue weighted by Gasteiger charge is -2.20. The third-order valence-electron chi connectivity index (χ3n) is 3.37. The Balaban J connectivity index is 1.99. The summed E-state index contributed by atoms with van der Waals surface area (Å²) in [5.41, 5.74) is 0.640. The topological polar surface area (TPSA) is 34.1 Å². The van der Waals surface area contributed by atoms with Gasteiger partial charge in [0, 0.05) is 26.1 Å². The van der Waals surface area contributed by atoms with Crippen molar-refractivity contribution in [3.8, 4) is 0 Å². The molecule has 0 bridgehead atoms. The van der Waals surface area contributed by atoms with E-state index < -0.39 is 10.8 Å². The molecule has 4 heteroatoms. The molecule has 0 aliphatic heterocycles. The molecule has 98 valence electrons. The van der Waals surface area contributed by atoms with Gasteiger partial charge < -0.3 is 0 Å². The first-order valence-electron chi connectivity index (χ1n) is 6.33. The molecule has 1 aliphatic carbocycles. The van der Waals surface area contributed by atoms with E-state index in [4.69, 9.17) is 0 Å². The largest absolute Gasteiger partial charge is 0.293 e. The van der Waals surface area contributed by atoms with Crippen LogP contribution in [-0.2, 0) is 10.8 Å². The van der Waals surface area contributed by atoms with Gasteiger partial charge in [-0.3, -0.25) is 9.00 Å². The molecular weight excluding hydrogens is 312 g/mol. The Hall–Kier alpha value is -0.480. The van der Waals surface area contributed by atoms with Gasteiger partial charge in [0.2, 0.25) is 0 Å². The van der Waals surface area contributed by atoms with Gasteiger partial charge in [0.25, 0.3) is 0 Å². The van der Waals surface area contributed by atoms with Crippen molar-refractivity contribution >= 4 is 32.5 Å². The van der Waals surface area contributed by atoms with Crippen LogP contribution in [0.5, 0.6) is 0 Å². The SMILES string of the molecule is O=C(CS(=O)C1CCCCC1)c1ccccc1Br. The molecule has 1 atom stereocenters. The van der Waals surface area contributed by atoms with Crippen LogP contribution in [0.1, 0.15) is 42.5 Å². The van der Waals surface area contributed by atoms with Crippen molar-refractivity contribution < 1.29 is 9.00 Å². The second kappa shape index (κ2) is 6.62. The van der Waals surface area contributed by atoms with E-state index in [1.807, 2.05) is 18.2 Å². The number of benzene rings is 1. The van der Waals surface area contributed by atoms with Crippen molar-refractivity contribution in [3.05, 3.63) is 34.3 Å². The fourth-order valence-electron chi connectivity index (χ4n) is 2.34. The third kappa shape index (κ3) is 3.51. The highest BCUT2D eigenvalue weighted by atomic mass is 79.9. The van der Waals surface area contributed by atoms with E-state index in [0.29, 0.717) is 5.56 Å². The molecule has 2 nitrogen and oxygen atoms in total. The molecule has 1 aliphatic rings. The Kier molecular flexibility index (Phi) is 5.13. The van der Waals surface area contributed by atoms with E-state index in [0.717, 1.165) is 30.2 Å². The molecule has 0 spiro atoms. The molecule has 0 saturated heterocycles. The summed E-state index contributed by atoms with van der Waals surface area (Å²) in [7, 11) is -1.02. The van der Waals surface area contributed by atoms with Gasteiger partial charge in [-0.25, -0.2) is 0 Å². The molecule has 1 aromatic carbocycles. The van der Waals surface area contributed by atoms with Crippen LogP contribution >= 0.6 is 15.9 Å². The van der Waals surface area contributed by atoms with Crippen LogP contribution in [0.2, 0.25) is 0 Å². The Bertz CT molecular complexity index is 453. The number of Topliss-reactive ketones (excluding diaryl/α,β-unsaturated/α-hetero) is 1. The summed E-state index contributed by atoms with van der Waals surface area (Å²) in [5.74, 6) is 0.138. The zero-order chi connectivity index (χ0) is 13.0. The summed E-state index contributed by atoms with van der Waals surface area (Å²) >= 11 is 3.36. The maximum absolute atomic E-state index is 12.2. The first-order chi connectivity index (χ1) is 8.68. The predicted octanol–water partition coefficient (Wildman–Crippen LogP) is 3.71. The number of hydrogen-bond acceptors (Lipinski definition) is 2. The zero-order valence-corrected chi connectivity index (χ0v) is 12.6. The lowest BCUT2D eigenvalue weighted by Crippen LogP contribution is -2.24. The molecule has 2 rings (SSSR count). The smallest absolute Gasteiger partial charge is 0.176 e. The highest BCUT2D eigenvalue weighted by molar-refractivity contribution is 9.10. The molecule has 1 unspecified atom stereocenters. The van der Waals surface area contributed by atoms with Crippen molar-refractivity contribution in [2.75, 3.05) is 5.75 Å². The molecule has 0 N–H and O–H groups in total. The van der Waals surface area contributed by atoms with Crippen LogP contribution in [0.25, 0.3) is 0 Å². The number of carbonyl (C=O) groups is 1. The van der Waals surface area contributed by atoms with Crippen molar-refractivity contribution in [2.24, 2.45) is 0 Å². The number of hydrogen-bond donors (Lipinski definition) is 0. The van der Waals surface area contributed by atoms with Crippen molar-refractivity contribution in [2.45, 2.75) is 37.4 Å². The van der Waals surface area contributed by atoms with Gasteiger partial charge in [-0.2, -0.15) is 0 Å². The molecule has 0 aromatic heterocycles. The fraction of sp³-hybridized carbons (Fsp3) is 0.500. The van der Waals surface area contributed by atoms with Gasteiger partial charge >= 0.3 is 0 Å². The molecule has 1 saturated carbocycles. The van der Waals surface area contributed by atoms with Gasteiger partial charge in [-0.1, -0.05) is 53.4 Å². The molecule has 0 heterocycles. The predicted molar refractivity (Wildman–Crippen MR) is 78.4 cm³/mol. The average molecular weight is 329 g/mol. The van der Waals surface area contributed by atoms with Crippen molar-refractivity contribution in [3.63, 3.8) is 0 Å². The summed E-state index contributed by atoms with van der Waals surface area (Å²) in [5, 5.41) is 0.227. The first kappa shape index (κ1) is 13.9. The number of rotatable bonds is 4. The maximum Gasteiger partial charge on any atom is 0.176 e. The number of ketones is 1. The van der Waals surface area contributed by atoms with Crippen LogP contribution in [0.3, 0.4) is 0 Å². The van der Waals surface area contributed by atoms with E-state index in [2.05, 4.69) is 15.9 Å². The van der Waals surface area contributed by atoms with Gasteiger partial charge in [0.15, 0.2) is 5.78 Å². The highest BCUT2D eigenvalue weighted by Gasteiger charge is 2.22. The average Bonchev–Trinajstić information content (AvgIpc) is 2.40. The second-order valence-electron chi connectivity index (χ2n) is 4.69. The van der Waals surface area contributed by atoms with Crippen LogP contribution in [0, 0.1) is 0 Å². The van der Waals surface area contributed by atoms with Crippen LogP contribution in [0.4, 0.5) is 0 Å². The summed E-state index contributed by atoms with van der Waals surface area (Å²) < 4.78 is 13.0. The summed E-state index contributed by atoms with van der Waals surface area (Å²) in [6, 6.07) is 7.34. The monoisotopic (exact) mass is 328 g/mol. The molecule has 1 fully saturated rings. The maximum atomic E-state index is 12.2. The summed E-state index contributed by atoms with van der Waals surface area (Å²) in [6.45, 7) is 0. The lowest BCUT2D eigenvalue weighted by atomic mass is 10.0. The van der Waals surface area contributed by atoms with E-state index in [-0.39, 0.29) is 16.8 Å². The zero-order valence-electron chi connectivity index (χ0n) is 10.2. The highest BCUT2D eigenvalue weighted by Crippen LogP contribution is 2.23. The van der Waals surface area contributed by atoms with Gasteiger partial charge in [-0.05, 0) is 18.9 Å². The van der Waals surface area contributed by atoms with Crippen LogP contribution < -0.4 is 0 Å². The van der Waals surface area contributed by atoms with Crippen LogP contribution in [-0.4, -0.2) is 21.0 Å². The summed E-state index contributed by atoms with van der Waals surface area (Å²) in [4.78, 5) is 12.1. The van der Waals surface area contributed by atoms with Crippen molar-refractivity contribution in [1.82, 2.24) is 0 Å². The molecule has 0 amide bonds. The van der Waals surface area contributed by atoms with Crippen LogP contribution in [0.15, 0.2) is 28.7 Å². The minimum Gasteiger partial charge on any atom is -0.293 e. The third-order valence-corrected chi connectivity index (χ3v) is 5.82. The Morgan fingerprint density at radius 3 is 2.56 bits per heavy atom. The molecular formula is C14H17BrO2S. The quantitative estimate of drug-likeness (QED) is 0.789. The normalized spacial score (nSPS) is 18.5. The first-order valence-corrected chi connectivity index (χ1v) is 8.51. The fourth-order valence-corrected chi connectivity index (χ4v) is 4.35. The van der Waals surface area contributed by atoms with E-state index in [1.54, 1.807) is 6.07 Å². The van der Waals surface area contributed by atoms with Crippen molar-refractivity contribution in [1.29, 1.82) is 0 Å². The van der Waals surface area contributed by atoms with E-state index in [1.165, 1.54) is 6.42 Å². The minimum atomic E-state index is -1.02.